The van der Waals surface area contributed by atoms with Crippen molar-refractivity contribution >= 4 is 51.4 Å². The van der Waals surface area contributed by atoms with E-state index in [1.165, 1.54) is 0 Å². The molecule has 0 unspecified atom stereocenters. The minimum atomic E-state index is 0.616. The maximum Gasteiger partial charge on any atom is 0.253 e. The van der Waals surface area contributed by atoms with E-state index in [0.717, 1.165) is 32.9 Å². The number of aromatic amines is 1. The highest BCUT2D eigenvalue weighted by Crippen LogP contribution is 2.27. The standard InChI is InChI=1S/C18H13ClN6S/c1-10-8-12(19)3-4-13(10)21-17-23-18-22-14-9-11(16-20-6-7-26-16)2-5-15(14)25(18)24-17/h2-9H,1H3,(H2,21,22,23,24). The number of nitrogens with one attached hydrogen (secondary N) is 2. The van der Waals surface area contributed by atoms with Crippen LogP contribution in [0.3, 0.4) is 0 Å². The van der Waals surface area contributed by atoms with E-state index in [9.17, 15) is 0 Å². The topological polar surface area (TPSA) is 70.9 Å². The van der Waals surface area contributed by atoms with Gasteiger partial charge in [-0.3, -0.25) is 5.10 Å². The summed E-state index contributed by atoms with van der Waals surface area (Å²) >= 11 is 7.62. The van der Waals surface area contributed by atoms with E-state index < -0.39 is 0 Å². The Balaban J connectivity index is 1.54. The Morgan fingerprint density at radius 1 is 1.15 bits per heavy atom. The van der Waals surface area contributed by atoms with E-state index in [1.807, 2.05) is 53.2 Å². The largest absolute Gasteiger partial charge is 0.324 e. The zero-order valence-corrected chi connectivity index (χ0v) is 15.3. The van der Waals surface area contributed by atoms with Gasteiger partial charge in [-0.1, -0.05) is 11.6 Å². The van der Waals surface area contributed by atoms with Crippen LogP contribution >= 0.6 is 22.9 Å². The maximum atomic E-state index is 6.01. The first-order valence-corrected chi connectivity index (χ1v) is 9.24. The Morgan fingerprint density at radius 3 is 2.88 bits per heavy atom. The van der Waals surface area contributed by atoms with E-state index in [4.69, 9.17) is 11.6 Å². The van der Waals surface area contributed by atoms with E-state index in [2.05, 4.69) is 25.4 Å². The number of rotatable bonds is 3. The summed E-state index contributed by atoms with van der Waals surface area (Å²) in [6.45, 7) is 2.00. The van der Waals surface area contributed by atoms with Crippen molar-refractivity contribution in [3.63, 3.8) is 0 Å². The van der Waals surface area contributed by atoms with Crippen LogP contribution in [0.15, 0.2) is 48.0 Å². The predicted octanol–water partition coefficient (Wildman–Crippen LogP) is 5.04. The molecule has 5 rings (SSSR count). The number of halogens is 1. The summed E-state index contributed by atoms with van der Waals surface area (Å²) in [6.07, 6.45) is 1.81. The number of thiazole rings is 1. The molecule has 0 radical (unpaired) electrons. The zero-order valence-electron chi connectivity index (χ0n) is 13.7. The molecule has 0 amide bonds. The quantitative estimate of drug-likeness (QED) is 0.460. The molecule has 3 heterocycles. The minimum Gasteiger partial charge on any atom is -0.324 e. The summed E-state index contributed by atoms with van der Waals surface area (Å²) in [5.74, 6) is 1.24. The van der Waals surface area contributed by atoms with Gasteiger partial charge in [-0.15, -0.1) is 11.3 Å². The molecule has 5 aromatic rings. The first kappa shape index (κ1) is 15.4. The zero-order chi connectivity index (χ0) is 17.7. The summed E-state index contributed by atoms with van der Waals surface area (Å²) in [7, 11) is 0. The van der Waals surface area contributed by atoms with E-state index in [1.54, 1.807) is 17.5 Å². The van der Waals surface area contributed by atoms with Crippen LogP contribution in [0.2, 0.25) is 5.02 Å². The van der Waals surface area contributed by atoms with Crippen LogP contribution in [0.4, 0.5) is 11.6 Å². The molecule has 3 aromatic heterocycles. The Labute approximate surface area is 157 Å². The van der Waals surface area contributed by atoms with Gasteiger partial charge in [-0.05, 0) is 48.9 Å². The molecular formula is C18H13ClN6S. The van der Waals surface area contributed by atoms with Crippen LogP contribution in [-0.4, -0.2) is 24.6 Å². The summed E-state index contributed by atoms with van der Waals surface area (Å²) in [5, 5.41) is 10.2. The number of benzene rings is 2. The molecule has 2 aromatic carbocycles. The molecular weight excluding hydrogens is 368 g/mol. The minimum absolute atomic E-state index is 0.616. The van der Waals surface area contributed by atoms with Crippen molar-refractivity contribution in [3.8, 4) is 10.6 Å². The molecule has 128 valence electrons. The molecule has 0 spiro atoms. The average molecular weight is 381 g/mol. The summed E-state index contributed by atoms with van der Waals surface area (Å²) in [4.78, 5) is 13.5. The van der Waals surface area contributed by atoms with Crippen molar-refractivity contribution in [3.05, 3.63) is 58.6 Å². The lowest BCUT2D eigenvalue weighted by atomic mass is 10.2. The number of anilines is 2. The summed E-state index contributed by atoms with van der Waals surface area (Å²) in [6, 6.07) is 11.8. The molecule has 0 atom stereocenters. The van der Waals surface area contributed by atoms with Gasteiger partial charge in [0.15, 0.2) is 0 Å². The van der Waals surface area contributed by atoms with Crippen LogP contribution in [0, 0.1) is 6.92 Å². The molecule has 0 aliphatic carbocycles. The number of aryl methyl sites for hydroxylation is 1. The van der Waals surface area contributed by atoms with Crippen molar-refractivity contribution in [1.29, 1.82) is 0 Å². The molecule has 6 nitrogen and oxygen atoms in total. The lowest BCUT2D eigenvalue weighted by Crippen LogP contribution is -1.95. The number of H-pyrrole nitrogens is 1. The average Bonchev–Trinajstić information content (AvgIpc) is 3.32. The van der Waals surface area contributed by atoms with Crippen LogP contribution in [0.5, 0.6) is 0 Å². The van der Waals surface area contributed by atoms with Crippen molar-refractivity contribution in [2.75, 3.05) is 5.32 Å². The second-order valence-electron chi connectivity index (χ2n) is 5.94. The normalized spacial score (nSPS) is 11.5. The molecule has 0 aliphatic heterocycles. The Bertz CT molecular complexity index is 1240. The second kappa shape index (κ2) is 5.82. The Kier molecular flexibility index (Phi) is 3.44. The number of imidazole rings is 1. The van der Waals surface area contributed by atoms with Crippen molar-refractivity contribution in [1.82, 2.24) is 24.6 Å². The van der Waals surface area contributed by atoms with Crippen molar-refractivity contribution in [2.45, 2.75) is 6.92 Å². The predicted molar refractivity (Wildman–Crippen MR) is 105 cm³/mol. The lowest BCUT2D eigenvalue weighted by molar-refractivity contribution is 1.01. The third-order valence-corrected chi connectivity index (χ3v) is 5.24. The first-order valence-electron chi connectivity index (χ1n) is 7.99. The van der Waals surface area contributed by atoms with Crippen LogP contribution in [-0.2, 0) is 0 Å². The van der Waals surface area contributed by atoms with E-state index in [0.29, 0.717) is 16.7 Å². The van der Waals surface area contributed by atoms with Crippen molar-refractivity contribution in [2.24, 2.45) is 0 Å². The molecule has 0 saturated heterocycles. The first-order chi connectivity index (χ1) is 12.7. The highest BCUT2D eigenvalue weighted by Gasteiger charge is 2.12. The van der Waals surface area contributed by atoms with Gasteiger partial charge in [-0.25, -0.2) is 14.5 Å². The van der Waals surface area contributed by atoms with Gasteiger partial charge < -0.3 is 5.32 Å². The van der Waals surface area contributed by atoms with Gasteiger partial charge in [0, 0.05) is 27.9 Å². The highest BCUT2D eigenvalue weighted by molar-refractivity contribution is 7.13. The fourth-order valence-corrected chi connectivity index (χ4v) is 3.80. The van der Waals surface area contributed by atoms with E-state index in [-0.39, 0.29) is 0 Å². The number of aromatic nitrogens is 5. The molecule has 0 aliphatic rings. The fraction of sp³-hybridized carbons (Fsp3) is 0.0556. The third kappa shape index (κ3) is 2.53. The fourth-order valence-electron chi connectivity index (χ4n) is 2.93. The second-order valence-corrected chi connectivity index (χ2v) is 7.28. The Hall–Kier alpha value is -2.90. The number of nitrogens with zero attached hydrogens (tertiary/aromatic N) is 4. The van der Waals surface area contributed by atoms with Crippen molar-refractivity contribution < 1.29 is 0 Å². The van der Waals surface area contributed by atoms with Gasteiger partial charge in [0.1, 0.15) is 5.01 Å². The van der Waals surface area contributed by atoms with Crippen LogP contribution in [0.25, 0.3) is 27.4 Å². The molecule has 8 heteroatoms. The summed E-state index contributed by atoms with van der Waals surface area (Å²) in [5.41, 5.74) is 4.90. The SMILES string of the molecule is Cc1cc(Cl)ccc1Nc1nc2nc3cc(-c4nccs4)ccc3n2[nH]1. The number of hydrogen-bond donors (Lipinski definition) is 2. The molecule has 0 bridgehead atoms. The van der Waals surface area contributed by atoms with Gasteiger partial charge >= 0.3 is 0 Å². The maximum absolute atomic E-state index is 6.01. The smallest absolute Gasteiger partial charge is 0.253 e. The molecule has 2 N–H and O–H groups in total. The van der Waals surface area contributed by atoms with Crippen LogP contribution in [0.1, 0.15) is 5.56 Å². The molecule has 0 fully saturated rings. The molecule has 0 saturated carbocycles. The monoisotopic (exact) mass is 380 g/mol. The van der Waals surface area contributed by atoms with Gasteiger partial charge in [0.2, 0.25) is 5.95 Å². The van der Waals surface area contributed by atoms with E-state index >= 15 is 0 Å². The van der Waals surface area contributed by atoms with Gasteiger partial charge in [0.25, 0.3) is 5.78 Å². The van der Waals surface area contributed by atoms with Gasteiger partial charge in [0.05, 0.1) is 11.0 Å². The number of hydrogen-bond acceptors (Lipinski definition) is 5. The highest BCUT2D eigenvalue weighted by atomic mass is 35.5. The van der Waals surface area contributed by atoms with Gasteiger partial charge in [-0.2, -0.15) is 4.98 Å². The molecule has 26 heavy (non-hydrogen) atoms. The Morgan fingerprint density at radius 2 is 2.08 bits per heavy atom. The summed E-state index contributed by atoms with van der Waals surface area (Å²) < 4.78 is 1.87. The third-order valence-electron chi connectivity index (χ3n) is 4.19. The van der Waals surface area contributed by atoms with Crippen LogP contribution < -0.4 is 5.32 Å². The lowest BCUT2D eigenvalue weighted by Gasteiger charge is -2.06. The number of fused-ring (bicyclic) bond motifs is 3.